The van der Waals surface area contributed by atoms with Gasteiger partial charge in [-0.25, -0.2) is 9.97 Å². The number of carbonyl (C=O) groups is 1. The third kappa shape index (κ3) is 2.74. The number of hydrogen-bond acceptors (Lipinski definition) is 5. The van der Waals surface area contributed by atoms with Crippen LogP contribution in [0.3, 0.4) is 0 Å². The summed E-state index contributed by atoms with van der Waals surface area (Å²) in [6.07, 6.45) is 4.82. The van der Waals surface area contributed by atoms with Crippen molar-refractivity contribution in [1.82, 2.24) is 14.9 Å². The number of piperidine rings is 1. The fraction of sp³-hybridized carbons (Fsp3) is 0.450. The molecule has 1 saturated heterocycles. The van der Waals surface area contributed by atoms with Crippen molar-refractivity contribution in [3.05, 3.63) is 53.3 Å². The van der Waals surface area contributed by atoms with Gasteiger partial charge in [-0.2, -0.15) is 0 Å². The van der Waals surface area contributed by atoms with E-state index in [9.17, 15) is 4.79 Å². The minimum atomic E-state index is -0.511. The first-order valence-corrected chi connectivity index (χ1v) is 9.02. The van der Waals surface area contributed by atoms with E-state index in [-0.39, 0.29) is 5.91 Å². The third-order valence-corrected chi connectivity index (χ3v) is 5.36. The zero-order valence-electron chi connectivity index (χ0n) is 15.5. The van der Waals surface area contributed by atoms with E-state index in [1.165, 1.54) is 0 Å². The van der Waals surface area contributed by atoms with Crippen molar-refractivity contribution in [2.45, 2.75) is 31.5 Å². The van der Waals surface area contributed by atoms with E-state index in [2.05, 4.69) is 20.9 Å². The summed E-state index contributed by atoms with van der Waals surface area (Å²) in [4.78, 5) is 25.3. The Labute approximate surface area is 153 Å². The number of hydrogen-bond donors (Lipinski definition) is 0. The van der Waals surface area contributed by atoms with E-state index in [0.717, 1.165) is 48.6 Å². The molecule has 2 aliphatic rings. The molecule has 1 amide bonds. The standard InChI is InChI=1S/C20H24N4O2/c1-14-12-21-19(22-13-14)24-10-8-20(9-11-24)16-7-5-4-6-15(16)17(26-20)18(25)23(2)3/h4-7,12-13,17H,8-11H2,1-3H3. The average molecular weight is 352 g/mol. The second-order valence-electron chi connectivity index (χ2n) is 7.36. The number of benzene rings is 1. The van der Waals surface area contributed by atoms with E-state index in [1.54, 1.807) is 19.0 Å². The lowest BCUT2D eigenvalue weighted by atomic mass is 9.83. The summed E-state index contributed by atoms with van der Waals surface area (Å²) in [5.74, 6) is 0.760. The van der Waals surface area contributed by atoms with Crippen LogP contribution in [0.2, 0.25) is 0 Å². The Morgan fingerprint density at radius 3 is 2.50 bits per heavy atom. The first-order valence-electron chi connectivity index (χ1n) is 9.02. The van der Waals surface area contributed by atoms with Crippen LogP contribution in [0.4, 0.5) is 5.95 Å². The number of carbonyl (C=O) groups excluding carboxylic acids is 1. The highest BCUT2D eigenvalue weighted by molar-refractivity contribution is 5.83. The minimum absolute atomic E-state index is 0.00128. The number of nitrogens with zero attached hydrogens (tertiary/aromatic N) is 4. The van der Waals surface area contributed by atoms with E-state index in [0.29, 0.717) is 0 Å². The van der Waals surface area contributed by atoms with Gasteiger partial charge in [-0.05, 0) is 36.5 Å². The second-order valence-corrected chi connectivity index (χ2v) is 7.36. The largest absolute Gasteiger partial charge is 0.352 e. The Kier molecular flexibility index (Phi) is 4.15. The maximum absolute atomic E-state index is 12.6. The molecule has 0 saturated carbocycles. The number of amides is 1. The monoisotopic (exact) mass is 352 g/mol. The van der Waals surface area contributed by atoms with E-state index >= 15 is 0 Å². The number of anilines is 1. The van der Waals surface area contributed by atoms with Gasteiger partial charge < -0.3 is 14.5 Å². The van der Waals surface area contributed by atoms with Crippen molar-refractivity contribution in [1.29, 1.82) is 0 Å². The maximum atomic E-state index is 12.6. The fourth-order valence-corrected chi connectivity index (χ4v) is 3.92. The smallest absolute Gasteiger partial charge is 0.255 e. The molecule has 2 aliphatic heterocycles. The van der Waals surface area contributed by atoms with E-state index in [1.807, 2.05) is 37.5 Å². The van der Waals surface area contributed by atoms with Gasteiger partial charge in [0.25, 0.3) is 5.91 Å². The van der Waals surface area contributed by atoms with Gasteiger partial charge in [0.2, 0.25) is 5.95 Å². The Morgan fingerprint density at radius 1 is 1.19 bits per heavy atom. The molecule has 1 unspecified atom stereocenters. The molecule has 2 aromatic rings. The topological polar surface area (TPSA) is 58.6 Å². The summed E-state index contributed by atoms with van der Waals surface area (Å²) in [5.41, 5.74) is 2.82. The van der Waals surface area contributed by atoms with Crippen LogP contribution in [0.1, 0.15) is 35.6 Å². The molecular formula is C20H24N4O2. The molecule has 136 valence electrons. The van der Waals surface area contributed by atoms with Crippen molar-refractivity contribution in [2.24, 2.45) is 0 Å². The number of fused-ring (bicyclic) bond motifs is 2. The molecule has 1 aromatic heterocycles. The molecular weight excluding hydrogens is 328 g/mol. The molecule has 0 aliphatic carbocycles. The maximum Gasteiger partial charge on any atom is 0.255 e. The van der Waals surface area contributed by atoms with Crippen molar-refractivity contribution in [3.63, 3.8) is 0 Å². The molecule has 4 rings (SSSR count). The number of ether oxygens (including phenoxy) is 1. The van der Waals surface area contributed by atoms with E-state index < -0.39 is 11.7 Å². The first kappa shape index (κ1) is 17.0. The average Bonchev–Trinajstić information content (AvgIpc) is 2.97. The summed E-state index contributed by atoms with van der Waals surface area (Å²) in [6, 6.07) is 8.14. The van der Waals surface area contributed by atoms with Crippen molar-refractivity contribution in [2.75, 3.05) is 32.1 Å². The molecule has 26 heavy (non-hydrogen) atoms. The lowest BCUT2D eigenvalue weighted by Gasteiger charge is -2.39. The Bertz CT molecular complexity index is 811. The highest BCUT2D eigenvalue weighted by atomic mass is 16.5. The summed E-state index contributed by atoms with van der Waals surface area (Å²) in [6.45, 7) is 3.60. The molecule has 1 atom stereocenters. The van der Waals surface area contributed by atoms with Gasteiger partial charge in [-0.3, -0.25) is 4.79 Å². The summed E-state index contributed by atoms with van der Waals surface area (Å²) < 4.78 is 6.43. The number of aryl methyl sites for hydroxylation is 1. The molecule has 0 radical (unpaired) electrons. The number of likely N-dealkylation sites (N-methyl/N-ethyl adjacent to an activating group) is 1. The normalized spacial score (nSPS) is 20.9. The SMILES string of the molecule is Cc1cnc(N2CCC3(CC2)OC(C(=O)N(C)C)c2ccccc23)nc1. The zero-order chi connectivity index (χ0) is 18.3. The van der Waals surface area contributed by atoms with Gasteiger partial charge in [-0.15, -0.1) is 0 Å². The van der Waals surface area contributed by atoms with Gasteiger partial charge in [0.1, 0.15) is 0 Å². The third-order valence-electron chi connectivity index (χ3n) is 5.36. The van der Waals surface area contributed by atoms with Crippen LogP contribution in [-0.2, 0) is 15.1 Å². The highest BCUT2D eigenvalue weighted by Crippen LogP contribution is 2.49. The lowest BCUT2D eigenvalue weighted by molar-refractivity contribution is -0.154. The van der Waals surface area contributed by atoms with Crippen LogP contribution in [0.15, 0.2) is 36.7 Å². The molecule has 1 spiro atoms. The van der Waals surface area contributed by atoms with Gasteiger partial charge in [0.15, 0.2) is 6.10 Å². The van der Waals surface area contributed by atoms with Crippen molar-refractivity contribution < 1.29 is 9.53 Å². The number of rotatable bonds is 2. The predicted octanol–water partition coefficient (Wildman–Crippen LogP) is 2.44. The highest BCUT2D eigenvalue weighted by Gasteiger charge is 2.49. The Balaban J connectivity index is 1.58. The van der Waals surface area contributed by atoms with Crippen LogP contribution in [0.5, 0.6) is 0 Å². The number of aromatic nitrogens is 2. The van der Waals surface area contributed by atoms with Gasteiger partial charge >= 0.3 is 0 Å². The molecule has 3 heterocycles. The molecule has 6 heteroatoms. The molecule has 1 fully saturated rings. The van der Waals surface area contributed by atoms with Crippen LogP contribution in [0.25, 0.3) is 0 Å². The quantitative estimate of drug-likeness (QED) is 0.831. The summed E-state index contributed by atoms with van der Waals surface area (Å²) in [5, 5.41) is 0. The molecule has 0 bridgehead atoms. The van der Waals surface area contributed by atoms with Crippen molar-refractivity contribution >= 4 is 11.9 Å². The van der Waals surface area contributed by atoms with Gasteiger partial charge in [0, 0.05) is 39.6 Å². The van der Waals surface area contributed by atoms with Crippen molar-refractivity contribution in [3.8, 4) is 0 Å². The summed E-state index contributed by atoms with van der Waals surface area (Å²) >= 11 is 0. The Morgan fingerprint density at radius 2 is 1.85 bits per heavy atom. The van der Waals surface area contributed by atoms with Crippen LogP contribution < -0.4 is 4.90 Å². The summed E-state index contributed by atoms with van der Waals surface area (Å²) in [7, 11) is 3.55. The Hall–Kier alpha value is -2.47. The molecule has 0 N–H and O–H groups in total. The van der Waals surface area contributed by atoms with Crippen LogP contribution in [-0.4, -0.2) is 48.0 Å². The van der Waals surface area contributed by atoms with Crippen LogP contribution in [0, 0.1) is 6.92 Å². The van der Waals surface area contributed by atoms with Crippen LogP contribution >= 0.6 is 0 Å². The van der Waals surface area contributed by atoms with Gasteiger partial charge in [-0.1, -0.05) is 24.3 Å². The minimum Gasteiger partial charge on any atom is -0.352 e. The van der Waals surface area contributed by atoms with Gasteiger partial charge in [0.05, 0.1) is 5.60 Å². The second kappa shape index (κ2) is 6.36. The zero-order valence-corrected chi connectivity index (χ0v) is 15.5. The first-order chi connectivity index (χ1) is 12.5. The molecule has 6 nitrogen and oxygen atoms in total. The lowest BCUT2D eigenvalue weighted by Crippen LogP contribution is -2.44. The fourth-order valence-electron chi connectivity index (χ4n) is 3.92. The molecule has 1 aromatic carbocycles. The predicted molar refractivity (Wildman–Crippen MR) is 98.9 cm³/mol. The van der Waals surface area contributed by atoms with E-state index in [4.69, 9.17) is 4.74 Å².